The van der Waals surface area contributed by atoms with Gasteiger partial charge >= 0.3 is 0 Å². The summed E-state index contributed by atoms with van der Waals surface area (Å²) in [6.45, 7) is 8.78. The lowest BCUT2D eigenvalue weighted by molar-refractivity contribution is -0.121. The maximum absolute atomic E-state index is 11.6. The lowest BCUT2D eigenvalue weighted by Gasteiger charge is -2.14. The maximum Gasteiger partial charge on any atom is 0.219 e. The molecule has 0 saturated heterocycles. The van der Waals surface area contributed by atoms with Crippen LogP contribution in [0.2, 0.25) is 0 Å². The molecule has 178 valence electrons. The van der Waals surface area contributed by atoms with Crippen LogP contribution in [0.25, 0.3) is 11.0 Å². The Morgan fingerprint density at radius 2 is 1.82 bits per heavy atom. The highest BCUT2D eigenvalue weighted by molar-refractivity contribution is 5.76. The van der Waals surface area contributed by atoms with Crippen LogP contribution in [-0.4, -0.2) is 28.6 Å². The van der Waals surface area contributed by atoms with Gasteiger partial charge in [0.25, 0.3) is 0 Å². The minimum atomic E-state index is 0.164. The number of aryl methyl sites for hydroxylation is 2. The highest BCUT2D eigenvalue weighted by atomic mass is 16.5. The van der Waals surface area contributed by atoms with Gasteiger partial charge in [0.1, 0.15) is 11.6 Å². The molecule has 0 aliphatic rings. The molecular weight excluding hydrogens is 410 g/mol. The molecule has 0 radical (unpaired) electrons. The van der Waals surface area contributed by atoms with Crippen molar-refractivity contribution in [3.8, 4) is 5.75 Å². The third-order valence-electron chi connectivity index (χ3n) is 5.93. The minimum Gasteiger partial charge on any atom is -0.493 e. The fourth-order valence-corrected chi connectivity index (χ4v) is 4.19. The molecule has 0 atom stereocenters. The number of unbranched alkanes of at least 4 members (excludes halogenated alkanes) is 2. The zero-order valence-electron chi connectivity index (χ0n) is 20.5. The van der Waals surface area contributed by atoms with Gasteiger partial charge in [-0.25, -0.2) is 4.98 Å². The Morgan fingerprint density at radius 1 is 1.03 bits per heavy atom. The molecule has 0 unspecified atom stereocenters. The Labute approximate surface area is 198 Å². The SMILES string of the molecule is CCCC(=O)NCCCCCc1nc2ccccc2n1CCCOc1ccccc1C(C)C. The molecule has 1 heterocycles. The fraction of sp³-hybridized carbons (Fsp3) is 0.500. The highest BCUT2D eigenvalue weighted by Gasteiger charge is 2.11. The third kappa shape index (κ3) is 7.34. The van der Waals surface area contributed by atoms with Gasteiger partial charge < -0.3 is 14.6 Å². The highest BCUT2D eigenvalue weighted by Crippen LogP contribution is 2.26. The van der Waals surface area contributed by atoms with Crippen LogP contribution in [0.3, 0.4) is 0 Å². The predicted octanol–water partition coefficient (Wildman–Crippen LogP) is 6.26. The van der Waals surface area contributed by atoms with E-state index in [1.165, 1.54) is 11.1 Å². The van der Waals surface area contributed by atoms with Crippen LogP contribution < -0.4 is 10.1 Å². The monoisotopic (exact) mass is 449 g/mol. The van der Waals surface area contributed by atoms with Gasteiger partial charge in [0.2, 0.25) is 5.91 Å². The number of para-hydroxylation sites is 3. The van der Waals surface area contributed by atoms with Crippen molar-refractivity contribution in [2.75, 3.05) is 13.2 Å². The zero-order valence-corrected chi connectivity index (χ0v) is 20.5. The first-order chi connectivity index (χ1) is 16.1. The smallest absolute Gasteiger partial charge is 0.219 e. The Hall–Kier alpha value is -2.82. The fourth-order valence-electron chi connectivity index (χ4n) is 4.19. The molecule has 0 bridgehead atoms. The van der Waals surface area contributed by atoms with Crippen molar-refractivity contribution in [2.45, 2.75) is 78.2 Å². The van der Waals surface area contributed by atoms with E-state index >= 15 is 0 Å². The molecule has 2 aromatic carbocycles. The van der Waals surface area contributed by atoms with Gasteiger partial charge in [-0.2, -0.15) is 0 Å². The lowest BCUT2D eigenvalue weighted by atomic mass is 10.0. The summed E-state index contributed by atoms with van der Waals surface area (Å²) in [6, 6.07) is 16.7. The van der Waals surface area contributed by atoms with Gasteiger partial charge in [-0.05, 0) is 55.4 Å². The number of nitrogens with zero attached hydrogens (tertiary/aromatic N) is 2. The van der Waals surface area contributed by atoms with Crippen LogP contribution in [-0.2, 0) is 17.8 Å². The summed E-state index contributed by atoms with van der Waals surface area (Å²) in [5, 5.41) is 3.00. The van der Waals surface area contributed by atoms with Crippen molar-refractivity contribution < 1.29 is 9.53 Å². The Kier molecular flexibility index (Phi) is 9.79. The maximum atomic E-state index is 11.6. The van der Waals surface area contributed by atoms with E-state index in [1.807, 2.05) is 19.1 Å². The van der Waals surface area contributed by atoms with E-state index in [0.29, 0.717) is 18.9 Å². The number of benzene rings is 2. The molecule has 0 aliphatic carbocycles. The van der Waals surface area contributed by atoms with Crippen LogP contribution >= 0.6 is 0 Å². The van der Waals surface area contributed by atoms with Gasteiger partial charge in [-0.1, -0.05) is 57.5 Å². The Bertz CT molecular complexity index is 1010. The summed E-state index contributed by atoms with van der Waals surface area (Å²) < 4.78 is 8.50. The predicted molar refractivity (Wildman–Crippen MR) is 136 cm³/mol. The molecule has 1 aromatic heterocycles. The van der Waals surface area contributed by atoms with E-state index in [9.17, 15) is 4.79 Å². The number of ether oxygens (including phenoxy) is 1. The number of carbonyl (C=O) groups is 1. The Balaban J connectivity index is 1.52. The van der Waals surface area contributed by atoms with Crippen LogP contribution in [0.4, 0.5) is 0 Å². The van der Waals surface area contributed by atoms with Crippen LogP contribution in [0, 0.1) is 0 Å². The second-order valence-corrected chi connectivity index (χ2v) is 8.97. The number of fused-ring (bicyclic) bond motifs is 1. The van der Waals surface area contributed by atoms with Crippen LogP contribution in [0.5, 0.6) is 5.75 Å². The second kappa shape index (κ2) is 13.0. The number of hydrogen-bond acceptors (Lipinski definition) is 3. The number of nitrogens with one attached hydrogen (secondary N) is 1. The normalized spacial score (nSPS) is 11.3. The van der Waals surface area contributed by atoms with Crippen molar-refractivity contribution in [2.24, 2.45) is 0 Å². The van der Waals surface area contributed by atoms with Crippen molar-refractivity contribution in [1.82, 2.24) is 14.9 Å². The first-order valence-electron chi connectivity index (χ1n) is 12.5. The largest absolute Gasteiger partial charge is 0.493 e. The van der Waals surface area contributed by atoms with E-state index in [-0.39, 0.29) is 5.91 Å². The number of hydrogen-bond donors (Lipinski definition) is 1. The molecule has 1 amide bonds. The zero-order chi connectivity index (χ0) is 23.5. The minimum absolute atomic E-state index is 0.164. The Morgan fingerprint density at radius 3 is 2.64 bits per heavy atom. The third-order valence-corrected chi connectivity index (χ3v) is 5.93. The molecule has 0 spiro atoms. The standard InChI is InChI=1S/C28H39N3O2/c1-4-13-28(32)29-19-11-5-6-18-27-30-24-15-8-9-16-25(24)31(27)20-12-21-33-26-17-10-7-14-23(26)22(2)3/h7-10,14-17,22H,4-6,11-13,18-21H2,1-3H3,(H,29,32). The van der Waals surface area contributed by atoms with Crippen molar-refractivity contribution in [1.29, 1.82) is 0 Å². The average molecular weight is 450 g/mol. The van der Waals surface area contributed by atoms with E-state index in [0.717, 1.165) is 68.7 Å². The summed E-state index contributed by atoms with van der Waals surface area (Å²) in [6.07, 6.45) is 6.58. The topological polar surface area (TPSA) is 56.2 Å². The molecule has 5 heteroatoms. The summed E-state index contributed by atoms with van der Waals surface area (Å²) in [5.74, 6) is 2.76. The molecule has 3 aromatic rings. The summed E-state index contributed by atoms with van der Waals surface area (Å²) >= 11 is 0. The van der Waals surface area contributed by atoms with Crippen molar-refractivity contribution >= 4 is 16.9 Å². The van der Waals surface area contributed by atoms with Gasteiger partial charge in [0.15, 0.2) is 0 Å². The molecule has 33 heavy (non-hydrogen) atoms. The molecule has 0 saturated carbocycles. The first kappa shape index (κ1) is 24.8. The lowest BCUT2D eigenvalue weighted by Crippen LogP contribution is -2.23. The van der Waals surface area contributed by atoms with E-state index in [2.05, 4.69) is 60.1 Å². The number of aromatic nitrogens is 2. The average Bonchev–Trinajstić information content (AvgIpc) is 3.16. The summed E-state index contributed by atoms with van der Waals surface area (Å²) in [4.78, 5) is 16.5. The molecule has 3 rings (SSSR count). The van der Waals surface area contributed by atoms with Gasteiger partial charge in [0.05, 0.1) is 17.6 Å². The number of carbonyl (C=O) groups excluding carboxylic acids is 1. The van der Waals surface area contributed by atoms with Gasteiger partial charge in [-0.15, -0.1) is 0 Å². The first-order valence-corrected chi connectivity index (χ1v) is 12.5. The van der Waals surface area contributed by atoms with E-state index in [4.69, 9.17) is 9.72 Å². The van der Waals surface area contributed by atoms with Crippen molar-refractivity contribution in [3.05, 3.63) is 59.9 Å². The van der Waals surface area contributed by atoms with E-state index in [1.54, 1.807) is 0 Å². The van der Waals surface area contributed by atoms with Crippen LogP contribution in [0.1, 0.15) is 76.6 Å². The number of amides is 1. The van der Waals surface area contributed by atoms with Crippen molar-refractivity contribution in [3.63, 3.8) is 0 Å². The van der Waals surface area contributed by atoms with E-state index < -0.39 is 0 Å². The summed E-state index contributed by atoms with van der Waals surface area (Å²) in [5.41, 5.74) is 3.52. The molecule has 0 aliphatic heterocycles. The second-order valence-electron chi connectivity index (χ2n) is 8.97. The van der Waals surface area contributed by atoms with Gasteiger partial charge in [0, 0.05) is 25.9 Å². The summed E-state index contributed by atoms with van der Waals surface area (Å²) in [7, 11) is 0. The molecular formula is C28H39N3O2. The molecule has 1 N–H and O–H groups in total. The molecule has 5 nitrogen and oxygen atoms in total. The number of imidazole rings is 1. The van der Waals surface area contributed by atoms with Crippen LogP contribution in [0.15, 0.2) is 48.5 Å². The molecule has 0 fully saturated rings. The number of rotatable bonds is 14. The quantitative estimate of drug-likeness (QED) is 0.296. The van der Waals surface area contributed by atoms with Gasteiger partial charge in [-0.3, -0.25) is 4.79 Å².